The highest BCUT2D eigenvalue weighted by atomic mass is 32.1. The van der Waals surface area contributed by atoms with Gasteiger partial charge >= 0.3 is 0 Å². The van der Waals surface area contributed by atoms with Gasteiger partial charge in [0, 0.05) is 24.8 Å². The summed E-state index contributed by atoms with van der Waals surface area (Å²) in [5.74, 6) is 0.890. The molecule has 0 heterocycles. The van der Waals surface area contributed by atoms with Crippen molar-refractivity contribution in [2.45, 2.75) is 84.2 Å². The lowest BCUT2D eigenvalue weighted by Gasteiger charge is -2.50. The van der Waals surface area contributed by atoms with Gasteiger partial charge in [-0.25, -0.2) is 0 Å². The summed E-state index contributed by atoms with van der Waals surface area (Å²) in [4.78, 5) is 18.3. The first-order valence-electron chi connectivity index (χ1n) is 12.1. The van der Waals surface area contributed by atoms with Crippen molar-refractivity contribution in [3.63, 3.8) is 0 Å². The average molecular weight is 442 g/mol. The molecule has 170 valence electrons. The molecule has 0 spiro atoms. The molecule has 4 rings (SSSR count). The van der Waals surface area contributed by atoms with Crippen LogP contribution in [-0.2, 0) is 4.79 Å². The van der Waals surface area contributed by atoms with Gasteiger partial charge in [-0.2, -0.15) is 0 Å². The number of carbonyl (C=O) groups is 1. The van der Waals surface area contributed by atoms with Crippen LogP contribution >= 0.6 is 12.2 Å². The largest absolute Gasteiger partial charge is 0.366 e. The maximum atomic E-state index is 13.9. The summed E-state index contributed by atoms with van der Waals surface area (Å²) in [6.45, 7) is 7.54. The minimum Gasteiger partial charge on any atom is -0.366 e. The van der Waals surface area contributed by atoms with Crippen molar-refractivity contribution in [2.24, 2.45) is 16.7 Å². The average Bonchev–Trinajstić information content (AvgIpc) is 3.25. The third-order valence-corrected chi connectivity index (χ3v) is 8.97. The van der Waals surface area contributed by atoms with E-state index in [1.54, 1.807) is 0 Å². The molecule has 4 nitrogen and oxygen atoms in total. The van der Waals surface area contributed by atoms with Gasteiger partial charge in [-0.15, -0.1) is 0 Å². The van der Waals surface area contributed by atoms with Crippen LogP contribution in [0.2, 0.25) is 0 Å². The summed E-state index contributed by atoms with van der Waals surface area (Å²) in [7, 11) is 1.89. The number of nitrogens with zero attached hydrogens (tertiary/aromatic N) is 2. The maximum Gasteiger partial charge on any atom is 0.246 e. The molecule has 1 aromatic rings. The molecule has 3 aliphatic rings. The molecule has 1 amide bonds. The number of hydrogen-bond acceptors (Lipinski definition) is 2. The molecule has 1 N–H and O–H groups in total. The van der Waals surface area contributed by atoms with Crippen LogP contribution in [0.15, 0.2) is 30.3 Å². The van der Waals surface area contributed by atoms with Crippen molar-refractivity contribution in [2.75, 3.05) is 18.5 Å². The Kier molecular flexibility index (Phi) is 6.35. The first-order chi connectivity index (χ1) is 14.8. The van der Waals surface area contributed by atoms with Crippen LogP contribution in [0.3, 0.4) is 0 Å². The number of hydrogen-bond donors (Lipinski definition) is 1. The minimum absolute atomic E-state index is 0.149. The molecule has 0 saturated heterocycles. The number of anilines is 1. The van der Waals surface area contributed by atoms with E-state index in [2.05, 4.69) is 48.0 Å². The van der Waals surface area contributed by atoms with E-state index in [0.717, 1.165) is 18.5 Å². The topological polar surface area (TPSA) is 35.6 Å². The molecule has 3 unspecified atom stereocenters. The van der Waals surface area contributed by atoms with Gasteiger partial charge in [0.15, 0.2) is 5.11 Å². The summed E-state index contributed by atoms with van der Waals surface area (Å²) in [6, 6.07) is 10.8. The SMILES string of the molecule is CNC(=S)N(CC(=O)N(c1ccccc1)C1CCCCC1)C1C2(C)CCC(C2)C1(C)C. The van der Waals surface area contributed by atoms with E-state index in [0.29, 0.717) is 17.6 Å². The summed E-state index contributed by atoms with van der Waals surface area (Å²) >= 11 is 5.80. The van der Waals surface area contributed by atoms with Crippen molar-refractivity contribution in [3.8, 4) is 0 Å². The van der Waals surface area contributed by atoms with E-state index in [1.165, 1.54) is 38.5 Å². The summed E-state index contributed by atoms with van der Waals surface area (Å²) in [6.07, 6.45) is 9.63. The lowest BCUT2D eigenvalue weighted by atomic mass is 9.67. The van der Waals surface area contributed by atoms with Crippen LogP contribution in [0.5, 0.6) is 0 Å². The molecule has 0 aromatic heterocycles. The molecule has 3 fully saturated rings. The van der Waals surface area contributed by atoms with Gasteiger partial charge in [-0.05, 0) is 73.2 Å². The maximum absolute atomic E-state index is 13.9. The van der Waals surface area contributed by atoms with Gasteiger partial charge in [0.1, 0.15) is 0 Å². The second-order valence-electron chi connectivity index (χ2n) is 10.9. The monoisotopic (exact) mass is 441 g/mol. The Hall–Kier alpha value is -1.62. The van der Waals surface area contributed by atoms with Crippen LogP contribution in [0.4, 0.5) is 5.69 Å². The van der Waals surface area contributed by atoms with Gasteiger partial charge in [0.05, 0.1) is 6.54 Å². The summed E-state index contributed by atoms with van der Waals surface area (Å²) in [5, 5.41) is 3.91. The highest BCUT2D eigenvalue weighted by molar-refractivity contribution is 7.80. The van der Waals surface area contributed by atoms with Gasteiger partial charge in [-0.1, -0.05) is 58.2 Å². The fourth-order valence-corrected chi connectivity index (χ4v) is 7.36. The summed E-state index contributed by atoms with van der Waals surface area (Å²) in [5.41, 5.74) is 1.39. The number of para-hydroxylation sites is 1. The predicted octanol–water partition coefficient (Wildman–Crippen LogP) is 5.37. The summed E-state index contributed by atoms with van der Waals surface area (Å²) < 4.78 is 0. The van der Waals surface area contributed by atoms with E-state index in [1.807, 2.05) is 25.2 Å². The van der Waals surface area contributed by atoms with Crippen LogP contribution in [-0.4, -0.2) is 41.6 Å². The Labute approximate surface area is 193 Å². The van der Waals surface area contributed by atoms with E-state index >= 15 is 0 Å². The molecule has 1 aromatic carbocycles. The Balaban J connectivity index is 1.64. The zero-order valence-corrected chi connectivity index (χ0v) is 20.5. The fraction of sp³-hybridized carbons (Fsp3) is 0.692. The van der Waals surface area contributed by atoms with Crippen LogP contribution in [0.1, 0.15) is 72.1 Å². The quantitative estimate of drug-likeness (QED) is 0.623. The normalized spacial score (nSPS) is 29.5. The second kappa shape index (κ2) is 8.73. The standard InChI is InChI=1S/C26H39N3OS/c1-25(2)19-15-16-26(3,17-19)23(25)28(24(31)27-4)18-22(30)29(20-11-7-5-8-12-20)21-13-9-6-10-14-21/h5,7-8,11-12,19,21,23H,6,9-10,13-18H2,1-4H3,(H,27,31). The molecule has 0 aliphatic heterocycles. The number of benzene rings is 1. The number of rotatable bonds is 5. The van der Waals surface area contributed by atoms with Crippen molar-refractivity contribution >= 4 is 28.9 Å². The number of thiocarbonyl (C=S) groups is 1. The minimum atomic E-state index is 0.149. The van der Waals surface area contributed by atoms with Gasteiger partial charge < -0.3 is 15.1 Å². The van der Waals surface area contributed by atoms with Crippen molar-refractivity contribution in [1.29, 1.82) is 0 Å². The van der Waals surface area contributed by atoms with Gasteiger partial charge in [-0.3, -0.25) is 4.79 Å². The second-order valence-corrected chi connectivity index (χ2v) is 11.3. The highest BCUT2D eigenvalue weighted by Crippen LogP contribution is 2.64. The highest BCUT2D eigenvalue weighted by Gasteiger charge is 2.61. The third kappa shape index (κ3) is 4.10. The number of amides is 1. The Bertz CT molecular complexity index is 799. The lowest BCUT2D eigenvalue weighted by molar-refractivity contribution is -0.121. The Morgan fingerprint density at radius 3 is 2.35 bits per heavy atom. The molecular formula is C26H39N3OS. The molecule has 31 heavy (non-hydrogen) atoms. The first kappa shape index (κ1) is 22.6. The lowest BCUT2D eigenvalue weighted by Crippen LogP contribution is -2.59. The van der Waals surface area contributed by atoms with Crippen molar-refractivity contribution < 1.29 is 4.79 Å². The van der Waals surface area contributed by atoms with Crippen LogP contribution in [0, 0.1) is 16.7 Å². The Morgan fingerprint density at radius 2 is 1.77 bits per heavy atom. The van der Waals surface area contributed by atoms with Crippen molar-refractivity contribution in [1.82, 2.24) is 10.2 Å². The van der Waals surface area contributed by atoms with Crippen molar-refractivity contribution in [3.05, 3.63) is 30.3 Å². The first-order valence-corrected chi connectivity index (χ1v) is 12.5. The number of nitrogens with one attached hydrogen (secondary N) is 1. The molecule has 3 aliphatic carbocycles. The molecular weight excluding hydrogens is 402 g/mol. The number of carbonyl (C=O) groups excluding carboxylic acids is 1. The van der Waals surface area contributed by atoms with Crippen LogP contribution in [0.25, 0.3) is 0 Å². The van der Waals surface area contributed by atoms with Gasteiger partial charge in [0.2, 0.25) is 5.91 Å². The van der Waals surface area contributed by atoms with E-state index in [4.69, 9.17) is 12.2 Å². The van der Waals surface area contributed by atoms with E-state index in [-0.39, 0.29) is 28.8 Å². The predicted molar refractivity (Wildman–Crippen MR) is 132 cm³/mol. The molecule has 2 bridgehead atoms. The third-order valence-electron chi connectivity index (χ3n) is 8.53. The zero-order chi connectivity index (χ0) is 22.2. The Morgan fingerprint density at radius 1 is 1.10 bits per heavy atom. The zero-order valence-electron chi connectivity index (χ0n) is 19.7. The van der Waals surface area contributed by atoms with E-state index in [9.17, 15) is 4.79 Å². The molecule has 0 radical (unpaired) electrons. The molecule has 3 saturated carbocycles. The molecule has 5 heteroatoms. The fourth-order valence-electron chi connectivity index (χ4n) is 7.19. The number of fused-ring (bicyclic) bond motifs is 2. The molecule has 3 atom stereocenters. The van der Waals surface area contributed by atoms with E-state index < -0.39 is 0 Å². The van der Waals surface area contributed by atoms with Crippen LogP contribution < -0.4 is 10.2 Å². The van der Waals surface area contributed by atoms with Gasteiger partial charge in [0.25, 0.3) is 0 Å². The smallest absolute Gasteiger partial charge is 0.246 e.